The Kier molecular flexibility index (Phi) is 6.98. The van der Waals surface area contributed by atoms with Crippen LogP contribution in [-0.4, -0.2) is 34.4 Å². The van der Waals surface area contributed by atoms with Crippen LogP contribution >= 0.6 is 0 Å². The minimum Gasteiger partial charge on any atom is -0.496 e. The zero-order valence-electron chi connectivity index (χ0n) is 12.3. The van der Waals surface area contributed by atoms with E-state index in [9.17, 15) is 8.42 Å². The van der Waals surface area contributed by atoms with Gasteiger partial charge in [-0.1, -0.05) is 32.0 Å². The molecule has 0 aliphatic heterocycles. The number of hydrogen-bond acceptors (Lipinski definition) is 4. The maximum Gasteiger partial charge on any atom is 0.212 e. The number of hydrogen-bond donors (Lipinski definition) is 2. The third-order valence-electron chi connectivity index (χ3n) is 3.05. The fourth-order valence-corrected chi connectivity index (χ4v) is 3.06. The highest BCUT2D eigenvalue weighted by Crippen LogP contribution is 2.26. The first-order valence-corrected chi connectivity index (χ1v) is 8.53. The monoisotopic (exact) mass is 300 g/mol. The second-order valence-electron chi connectivity index (χ2n) is 4.47. The highest BCUT2D eigenvalue weighted by Gasteiger charge is 2.15. The zero-order valence-corrected chi connectivity index (χ0v) is 13.2. The Balaban J connectivity index is 2.64. The summed E-state index contributed by atoms with van der Waals surface area (Å²) in [5.74, 6) is 0.897. The minimum atomic E-state index is -3.18. The highest BCUT2D eigenvalue weighted by molar-refractivity contribution is 7.89. The molecule has 114 valence electrons. The predicted molar refractivity (Wildman–Crippen MR) is 81.5 cm³/mol. The first-order chi connectivity index (χ1) is 9.54. The average molecular weight is 300 g/mol. The van der Waals surface area contributed by atoms with Gasteiger partial charge in [-0.05, 0) is 12.5 Å². The Labute approximate surface area is 121 Å². The van der Waals surface area contributed by atoms with Crippen LogP contribution < -0.4 is 14.8 Å². The van der Waals surface area contributed by atoms with Crippen LogP contribution in [0.4, 0.5) is 0 Å². The molecular weight excluding hydrogens is 276 g/mol. The molecule has 1 unspecified atom stereocenters. The van der Waals surface area contributed by atoms with Gasteiger partial charge < -0.3 is 10.1 Å². The highest BCUT2D eigenvalue weighted by atomic mass is 32.2. The van der Waals surface area contributed by atoms with Crippen LogP contribution in [0.15, 0.2) is 24.3 Å². The summed E-state index contributed by atoms with van der Waals surface area (Å²) in [7, 11) is -1.54. The second-order valence-corrected chi connectivity index (χ2v) is 6.40. The van der Waals surface area contributed by atoms with E-state index < -0.39 is 10.0 Å². The fourth-order valence-electron chi connectivity index (χ4n) is 2.09. The minimum absolute atomic E-state index is 0.0759. The lowest BCUT2D eigenvalue weighted by Gasteiger charge is -2.20. The molecular formula is C14H24N2O3S. The molecule has 0 amide bonds. The van der Waals surface area contributed by atoms with Gasteiger partial charge in [0.15, 0.2) is 0 Å². The van der Waals surface area contributed by atoms with Crippen molar-refractivity contribution in [1.82, 2.24) is 10.0 Å². The van der Waals surface area contributed by atoms with E-state index in [0.717, 1.165) is 17.7 Å². The number of benzene rings is 1. The molecule has 1 atom stereocenters. The number of methoxy groups -OCH3 is 1. The predicted octanol–water partition coefficient (Wildman–Crippen LogP) is 1.68. The lowest BCUT2D eigenvalue weighted by atomic mass is 10.0. The number of nitrogens with one attached hydrogen (secondary N) is 2. The largest absolute Gasteiger partial charge is 0.496 e. The van der Waals surface area contributed by atoms with Gasteiger partial charge in [0.05, 0.1) is 12.9 Å². The lowest BCUT2D eigenvalue weighted by molar-refractivity contribution is 0.398. The normalized spacial score (nSPS) is 13.2. The van der Waals surface area contributed by atoms with Gasteiger partial charge in [-0.15, -0.1) is 0 Å². The maximum absolute atomic E-state index is 11.6. The molecule has 0 saturated heterocycles. The molecule has 0 fully saturated rings. The smallest absolute Gasteiger partial charge is 0.212 e. The summed E-state index contributed by atoms with van der Waals surface area (Å²) >= 11 is 0. The van der Waals surface area contributed by atoms with E-state index in [-0.39, 0.29) is 11.8 Å². The SMILES string of the molecule is CCNS(=O)(=O)CCNC(CC)c1ccccc1OC. The van der Waals surface area contributed by atoms with E-state index in [1.165, 1.54) is 0 Å². The quantitative estimate of drug-likeness (QED) is 0.728. The molecule has 0 spiro atoms. The van der Waals surface area contributed by atoms with Crippen molar-refractivity contribution >= 4 is 10.0 Å². The molecule has 0 aromatic heterocycles. The molecule has 5 nitrogen and oxygen atoms in total. The topological polar surface area (TPSA) is 67.4 Å². The molecule has 0 heterocycles. The number of para-hydroxylation sites is 1. The van der Waals surface area contributed by atoms with Crippen LogP contribution in [-0.2, 0) is 10.0 Å². The Morgan fingerprint density at radius 1 is 1.25 bits per heavy atom. The van der Waals surface area contributed by atoms with Crippen molar-refractivity contribution < 1.29 is 13.2 Å². The van der Waals surface area contributed by atoms with E-state index in [4.69, 9.17) is 4.74 Å². The van der Waals surface area contributed by atoms with Crippen molar-refractivity contribution in [3.05, 3.63) is 29.8 Å². The number of rotatable bonds is 9. The van der Waals surface area contributed by atoms with Gasteiger partial charge in [0.2, 0.25) is 10.0 Å². The Morgan fingerprint density at radius 2 is 1.95 bits per heavy atom. The molecule has 0 aliphatic carbocycles. The molecule has 1 rings (SSSR count). The van der Waals surface area contributed by atoms with Gasteiger partial charge in [0.1, 0.15) is 5.75 Å². The molecule has 6 heteroatoms. The number of sulfonamides is 1. The van der Waals surface area contributed by atoms with Crippen molar-refractivity contribution in [2.45, 2.75) is 26.3 Å². The Hall–Kier alpha value is -1.11. The molecule has 0 aliphatic rings. The molecule has 2 N–H and O–H groups in total. The summed E-state index contributed by atoms with van der Waals surface area (Å²) in [6.07, 6.45) is 0.863. The van der Waals surface area contributed by atoms with Crippen molar-refractivity contribution in [3.63, 3.8) is 0 Å². The fraction of sp³-hybridized carbons (Fsp3) is 0.571. The standard InChI is InChI=1S/C14H24N2O3S/c1-4-13(12-8-6-7-9-14(12)19-3)15-10-11-20(17,18)16-5-2/h6-9,13,15-16H,4-5,10-11H2,1-3H3. The molecule has 0 saturated carbocycles. The van der Waals surface area contributed by atoms with Crippen LogP contribution in [0.5, 0.6) is 5.75 Å². The first-order valence-electron chi connectivity index (χ1n) is 6.87. The summed E-state index contributed by atoms with van der Waals surface area (Å²) in [6, 6.07) is 7.87. The van der Waals surface area contributed by atoms with Gasteiger partial charge >= 0.3 is 0 Å². The Morgan fingerprint density at radius 3 is 2.55 bits per heavy atom. The first kappa shape index (κ1) is 16.9. The molecule has 0 radical (unpaired) electrons. The molecule has 1 aromatic rings. The van der Waals surface area contributed by atoms with Crippen molar-refractivity contribution in [2.75, 3.05) is 26.0 Å². The van der Waals surface area contributed by atoms with Gasteiger partial charge in [-0.25, -0.2) is 13.1 Å². The van der Waals surface area contributed by atoms with Crippen LogP contribution in [0.2, 0.25) is 0 Å². The van der Waals surface area contributed by atoms with E-state index in [1.807, 2.05) is 24.3 Å². The average Bonchev–Trinajstić information content (AvgIpc) is 2.43. The third kappa shape index (κ3) is 5.11. The lowest BCUT2D eigenvalue weighted by Crippen LogP contribution is -2.33. The Bertz CT molecular complexity index is 503. The summed E-state index contributed by atoms with van der Waals surface area (Å²) in [5, 5.41) is 3.28. The zero-order chi connectivity index (χ0) is 15.0. The van der Waals surface area contributed by atoms with Gasteiger partial charge in [-0.2, -0.15) is 0 Å². The van der Waals surface area contributed by atoms with Crippen molar-refractivity contribution in [1.29, 1.82) is 0 Å². The van der Waals surface area contributed by atoms with Crippen molar-refractivity contribution in [3.8, 4) is 5.75 Å². The summed E-state index contributed by atoms with van der Waals surface area (Å²) in [5.41, 5.74) is 1.05. The molecule has 0 bridgehead atoms. The van der Waals surface area contributed by atoms with Gasteiger partial charge in [0, 0.05) is 24.7 Å². The summed E-state index contributed by atoms with van der Waals surface area (Å²) in [4.78, 5) is 0. The van der Waals surface area contributed by atoms with Gasteiger partial charge in [0.25, 0.3) is 0 Å². The molecule has 1 aromatic carbocycles. The van der Waals surface area contributed by atoms with Crippen LogP contribution in [0.1, 0.15) is 31.9 Å². The second kappa shape index (κ2) is 8.24. The number of ether oxygens (including phenoxy) is 1. The van der Waals surface area contributed by atoms with Crippen molar-refractivity contribution in [2.24, 2.45) is 0 Å². The van der Waals surface area contributed by atoms with Crippen LogP contribution in [0, 0.1) is 0 Å². The van der Waals surface area contributed by atoms with Gasteiger partial charge in [-0.3, -0.25) is 0 Å². The van der Waals surface area contributed by atoms with Crippen LogP contribution in [0.25, 0.3) is 0 Å². The van der Waals surface area contributed by atoms with E-state index in [0.29, 0.717) is 13.1 Å². The van der Waals surface area contributed by atoms with E-state index >= 15 is 0 Å². The summed E-state index contributed by atoms with van der Waals surface area (Å²) < 4.78 is 31.0. The van der Waals surface area contributed by atoms with E-state index in [1.54, 1.807) is 14.0 Å². The maximum atomic E-state index is 11.6. The molecule has 20 heavy (non-hydrogen) atoms. The van der Waals surface area contributed by atoms with E-state index in [2.05, 4.69) is 17.0 Å². The van der Waals surface area contributed by atoms with Crippen LogP contribution in [0.3, 0.4) is 0 Å². The summed E-state index contributed by atoms with van der Waals surface area (Å²) in [6.45, 7) is 4.66. The third-order valence-corrected chi connectivity index (χ3v) is 4.52.